The van der Waals surface area contributed by atoms with Gasteiger partial charge in [0.15, 0.2) is 0 Å². The summed E-state index contributed by atoms with van der Waals surface area (Å²) in [4.78, 5) is 36.3. The standard InChI is InChI=1S/C13H15N3O4/c1-2-20-13(19)15-14-10-8-11(17)16(12(10)18)9-6-4-3-5-7-9/h3-7,10,14H,2,8H2,1H3,(H,15,19)/t10-/m0/s1. The van der Waals surface area contributed by atoms with Crippen LogP contribution in [0.4, 0.5) is 10.5 Å². The molecule has 0 saturated carbocycles. The lowest BCUT2D eigenvalue weighted by molar-refractivity contribution is -0.121. The zero-order chi connectivity index (χ0) is 14.5. The van der Waals surface area contributed by atoms with Crippen LogP contribution in [0.3, 0.4) is 0 Å². The van der Waals surface area contributed by atoms with Crippen molar-refractivity contribution in [2.45, 2.75) is 19.4 Å². The molecule has 0 bridgehead atoms. The van der Waals surface area contributed by atoms with Gasteiger partial charge in [-0.15, -0.1) is 0 Å². The number of amides is 3. The molecule has 0 unspecified atom stereocenters. The Morgan fingerprint density at radius 1 is 1.35 bits per heavy atom. The smallest absolute Gasteiger partial charge is 0.421 e. The van der Waals surface area contributed by atoms with Gasteiger partial charge in [-0.25, -0.2) is 15.1 Å². The number of rotatable bonds is 4. The molecule has 7 nitrogen and oxygen atoms in total. The Bertz CT molecular complexity index is 518. The monoisotopic (exact) mass is 277 g/mol. The quantitative estimate of drug-likeness (QED) is 0.620. The second-order valence-electron chi connectivity index (χ2n) is 4.15. The molecule has 0 radical (unpaired) electrons. The van der Waals surface area contributed by atoms with Crippen molar-refractivity contribution >= 4 is 23.6 Å². The lowest BCUT2D eigenvalue weighted by Gasteiger charge is -2.15. The summed E-state index contributed by atoms with van der Waals surface area (Å²) in [5.41, 5.74) is 5.26. The van der Waals surface area contributed by atoms with E-state index < -0.39 is 18.0 Å². The lowest BCUT2D eigenvalue weighted by Crippen LogP contribution is -2.48. The summed E-state index contributed by atoms with van der Waals surface area (Å²) < 4.78 is 4.65. The zero-order valence-electron chi connectivity index (χ0n) is 11.0. The number of benzene rings is 1. The maximum atomic E-state index is 12.1. The summed E-state index contributed by atoms with van der Waals surface area (Å²) in [5.74, 6) is -0.720. The number of carbonyl (C=O) groups is 3. The Hall–Kier alpha value is -2.41. The van der Waals surface area contributed by atoms with Gasteiger partial charge in [-0.2, -0.15) is 0 Å². The number of hydrogen-bond donors (Lipinski definition) is 2. The van der Waals surface area contributed by atoms with E-state index in [9.17, 15) is 14.4 Å². The number of nitrogens with one attached hydrogen (secondary N) is 2. The third-order valence-electron chi connectivity index (χ3n) is 2.78. The predicted octanol–water partition coefficient (Wildman–Crippen LogP) is 0.569. The Morgan fingerprint density at radius 3 is 2.70 bits per heavy atom. The van der Waals surface area contributed by atoms with Crippen LogP contribution < -0.4 is 15.8 Å². The first kappa shape index (κ1) is 14.0. The van der Waals surface area contributed by atoms with Crippen LogP contribution in [-0.4, -0.2) is 30.6 Å². The van der Waals surface area contributed by atoms with Crippen molar-refractivity contribution in [1.29, 1.82) is 0 Å². The van der Waals surface area contributed by atoms with Crippen LogP contribution in [0.5, 0.6) is 0 Å². The van der Waals surface area contributed by atoms with E-state index in [1.54, 1.807) is 37.3 Å². The van der Waals surface area contributed by atoms with Crippen LogP contribution in [0, 0.1) is 0 Å². The van der Waals surface area contributed by atoms with Crippen molar-refractivity contribution < 1.29 is 19.1 Å². The molecule has 1 saturated heterocycles. The van der Waals surface area contributed by atoms with Crippen molar-refractivity contribution in [3.05, 3.63) is 30.3 Å². The summed E-state index contributed by atoms with van der Waals surface area (Å²) in [6.45, 7) is 1.89. The number of para-hydroxylation sites is 1. The number of nitrogens with zero attached hydrogens (tertiary/aromatic N) is 1. The molecule has 1 aliphatic rings. The number of carbonyl (C=O) groups excluding carboxylic acids is 3. The van der Waals surface area contributed by atoms with E-state index in [4.69, 9.17) is 0 Å². The third-order valence-corrected chi connectivity index (χ3v) is 2.78. The van der Waals surface area contributed by atoms with E-state index in [-0.39, 0.29) is 18.9 Å². The van der Waals surface area contributed by atoms with Gasteiger partial charge in [-0.05, 0) is 19.1 Å². The van der Waals surface area contributed by atoms with Gasteiger partial charge < -0.3 is 4.74 Å². The Kier molecular flexibility index (Phi) is 4.31. The van der Waals surface area contributed by atoms with Crippen LogP contribution >= 0.6 is 0 Å². The summed E-state index contributed by atoms with van der Waals surface area (Å²) in [6, 6.07) is 7.86. The van der Waals surface area contributed by atoms with Gasteiger partial charge in [0.25, 0.3) is 5.91 Å². The van der Waals surface area contributed by atoms with Crippen LogP contribution in [0.15, 0.2) is 30.3 Å². The largest absolute Gasteiger partial charge is 0.449 e. The summed E-state index contributed by atoms with van der Waals surface area (Å²) >= 11 is 0. The predicted molar refractivity (Wildman–Crippen MR) is 70.6 cm³/mol. The van der Waals surface area contributed by atoms with Crippen molar-refractivity contribution in [3.8, 4) is 0 Å². The fraction of sp³-hybridized carbons (Fsp3) is 0.308. The van der Waals surface area contributed by atoms with Crippen molar-refractivity contribution in [2.75, 3.05) is 11.5 Å². The highest BCUT2D eigenvalue weighted by Gasteiger charge is 2.39. The molecule has 0 aliphatic carbocycles. The maximum Gasteiger partial charge on any atom is 0.421 e. The van der Waals surface area contributed by atoms with Gasteiger partial charge in [0, 0.05) is 0 Å². The van der Waals surface area contributed by atoms with E-state index >= 15 is 0 Å². The molecule has 1 atom stereocenters. The second kappa shape index (κ2) is 6.16. The Labute approximate surface area is 115 Å². The van der Waals surface area contributed by atoms with Crippen LogP contribution in [0.1, 0.15) is 13.3 Å². The minimum atomic E-state index is -0.785. The normalized spacial score (nSPS) is 18.2. The zero-order valence-corrected chi connectivity index (χ0v) is 11.0. The topological polar surface area (TPSA) is 87.7 Å². The van der Waals surface area contributed by atoms with Gasteiger partial charge in [0.05, 0.1) is 18.7 Å². The highest BCUT2D eigenvalue weighted by Crippen LogP contribution is 2.21. The van der Waals surface area contributed by atoms with Crippen LogP contribution in [-0.2, 0) is 14.3 Å². The minimum absolute atomic E-state index is 0.0138. The molecular weight excluding hydrogens is 262 g/mol. The number of imide groups is 1. The molecule has 0 spiro atoms. The van der Waals surface area contributed by atoms with Gasteiger partial charge in [0.2, 0.25) is 5.91 Å². The number of hydrogen-bond acceptors (Lipinski definition) is 5. The van der Waals surface area contributed by atoms with Gasteiger partial charge in [-0.1, -0.05) is 18.2 Å². The first-order valence-corrected chi connectivity index (χ1v) is 6.23. The van der Waals surface area contributed by atoms with Gasteiger partial charge in [-0.3, -0.25) is 15.0 Å². The summed E-state index contributed by atoms with van der Waals surface area (Å²) in [5, 5.41) is 0. The highest BCUT2D eigenvalue weighted by atomic mass is 16.5. The van der Waals surface area contributed by atoms with Crippen molar-refractivity contribution in [2.24, 2.45) is 0 Å². The van der Waals surface area contributed by atoms with Gasteiger partial charge in [0.1, 0.15) is 6.04 Å². The van der Waals surface area contributed by atoms with Crippen molar-refractivity contribution in [1.82, 2.24) is 10.9 Å². The molecule has 1 fully saturated rings. The molecule has 1 aromatic rings. The van der Waals surface area contributed by atoms with Gasteiger partial charge >= 0.3 is 6.09 Å². The molecule has 20 heavy (non-hydrogen) atoms. The molecule has 0 aromatic heterocycles. The molecule has 2 N–H and O–H groups in total. The Morgan fingerprint density at radius 2 is 2.05 bits per heavy atom. The molecule has 1 heterocycles. The van der Waals surface area contributed by atoms with Crippen LogP contribution in [0.25, 0.3) is 0 Å². The van der Waals surface area contributed by atoms with Crippen LogP contribution in [0.2, 0.25) is 0 Å². The molecule has 1 aromatic carbocycles. The number of anilines is 1. The summed E-state index contributed by atoms with van der Waals surface area (Å²) in [6.07, 6.45) is -0.703. The molecule has 3 amide bonds. The molecular formula is C13H15N3O4. The molecule has 106 valence electrons. The number of hydrazine groups is 1. The highest BCUT2D eigenvalue weighted by molar-refractivity contribution is 6.22. The fourth-order valence-corrected chi connectivity index (χ4v) is 1.91. The van der Waals surface area contributed by atoms with E-state index in [1.807, 2.05) is 0 Å². The Balaban J connectivity index is 2.00. The van der Waals surface area contributed by atoms with E-state index in [0.717, 1.165) is 4.90 Å². The second-order valence-corrected chi connectivity index (χ2v) is 4.15. The fourth-order valence-electron chi connectivity index (χ4n) is 1.91. The molecule has 1 aliphatic heterocycles. The van der Waals surface area contributed by atoms with Crippen molar-refractivity contribution in [3.63, 3.8) is 0 Å². The summed E-state index contributed by atoms with van der Waals surface area (Å²) in [7, 11) is 0. The minimum Gasteiger partial charge on any atom is -0.449 e. The van der Waals surface area contributed by atoms with E-state index in [0.29, 0.717) is 5.69 Å². The van der Waals surface area contributed by atoms with E-state index in [1.165, 1.54) is 0 Å². The third kappa shape index (κ3) is 2.94. The first-order valence-electron chi connectivity index (χ1n) is 6.23. The average Bonchev–Trinajstić information content (AvgIpc) is 2.72. The maximum absolute atomic E-state index is 12.1. The first-order chi connectivity index (χ1) is 9.63. The SMILES string of the molecule is CCOC(=O)NN[C@H]1CC(=O)N(c2ccccc2)C1=O. The molecule has 2 rings (SSSR count). The lowest BCUT2D eigenvalue weighted by atomic mass is 10.2. The average molecular weight is 277 g/mol. The van der Waals surface area contributed by atoms with E-state index in [2.05, 4.69) is 15.6 Å². The molecule has 7 heteroatoms. The number of ether oxygens (including phenoxy) is 1.